The van der Waals surface area contributed by atoms with Crippen LogP contribution in [-0.2, 0) is 4.79 Å². The lowest BCUT2D eigenvalue weighted by Gasteiger charge is -2.41. The Morgan fingerprint density at radius 1 is 1.38 bits per heavy atom. The quantitative estimate of drug-likeness (QED) is 0.637. The summed E-state index contributed by atoms with van der Waals surface area (Å²) in [7, 11) is 0. The Morgan fingerprint density at radius 2 is 2.05 bits per heavy atom. The number of hydrogen-bond acceptors (Lipinski definition) is 4. The number of carbonyl (C=O) groups is 2. The van der Waals surface area contributed by atoms with Gasteiger partial charge in [0.2, 0.25) is 0 Å². The van der Waals surface area contributed by atoms with Crippen LogP contribution in [-0.4, -0.2) is 27.4 Å². The molecule has 0 radical (unpaired) electrons. The van der Waals surface area contributed by atoms with Gasteiger partial charge in [-0.2, -0.15) is 0 Å². The van der Waals surface area contributed by atoms with Crippen LogP contribution < -0.4 is 5.32 Å². The lowest BCUT2D eigenvalue weighted by molar-refractivity contribution is -0.384. The molecule has 0 aromatic heterocycles. The van der Waals surface area contributed by atoms with Crippen LogP contribution >= 0.6 is 0 Å². The van der Waals surface area contributed by atoms with Crippen molar-refractivity contribution in [2.75, 3.05) is 0 Å². The number of carbonyl (C=O) groups excluding carboxylic acids is 1. The Hall–Kier alpha value is -2.44. The maximum Gasteiger partial charge on any atom is 0.305 e. The van der Waals surface area contributed by atoms with Gasteiger partial charge in [-0.15, -0.1) is 0 Å². The Labute approximate surface area is 121 Å². The van der Waals surface area contributed by atoms with Crippen LogP contribution in [0.15, 0.2) is 18.2 Å². The average molecular weight is 292 g/mol. The molecule has 2 rings (SSSR count). The average Bonchev–Trinajstić information content (AvgIpc) is 2.34. The number of nitro groups is 1. The number of benzene rings is 1. The number of nitrogens with one attached hydrogen (secondary N) is 1. The number of nitrogens with zero attached hydrogens (tertiary/aromatic N) is 1. The highest BCUT2D eigenvalue weighted by molar-refractivity contribution is 5.96. The van der Waals surface area contributed by atoms with Crippen molar-refractivity contribution in [3.8, 4) is 0 Å². The minimum absolute atomic E-state index is 0.132. The van der Waals surface area contributed by atoms with E-state index in [2.05, 4.69) is 5.32 Å². The van der Waals surface area contributed by atoms with Gasteiger partial charge in [-0.25, -0.2) is 0 Å². The number of hydrogen-bond donors (Lipinski definition) is 2. The SMILES string of the molecule is Cc1cc(C(=O)NC2(CC(=O)O)CCC2)cc([N+](=O)[O-])c1. The summed E-state index contributed by atoms with van der Waals surface area (Å²) in [4.78, 5) is 33.4. The molecule has 1 aromatic carbocycles. The molecule has 1 aliphatic carbocycles. The number of non-ortho nitro benzene ring substituents is 1. The first-order valence-electron chi connectivity index (χ1n) is 6.62. The zero-order chi connectivity index (χ0) is 15.6. The van der Waals surface area contributed by atoms with Crippen LogP contribution in [0.5, 0.6) is 0 Å². The topological polar surface area (TPSA) is 110 Å². The first kappa shape index (κ1) is 15.0. The molecular formula is C14H16N2O5. The third kappa shape index (κ3) is 3.36. The molecule has 0 heterocycles. The minimum Gasteiger partial charge on any atom is -0.481 e. The summed E-state index contributed by atoms with van der Waals surface area (Å²) in [6, 6.07) is 4.14. The molecule has 1 aromatic rings. The smallest absolute Gasteiger partial charge is 0.305 e. The molecule has 1 fully saturated rings. The highest BCUT2D eigenvalue weighted by atomic mass is 16.6. The van der Waals surface area contributed by atoms with E-state index in [1.54, 1.807) is 13.0 Å². The van der Waals surface area contributed by atoms with E-state index in [-0.39, 0.29) is 17.7 Å². The van der Waals surface area contributed by atoms with E-state index in [0.717, 1.165) is 6.42 Å². The summed E-state index contributed by atoms with van der Waals surface area (Å²) in [6.07, 6.45) is 1.95. The normalized spacial score (nSPS) is 15.9. The van der Waals surface area contributed by atoms with E-state index in [0.29, 0.717) is 18.4 Å². The van der Waals surface area contributed by atoms with Crippen molar-refractivity contribution in [1.29, 1.82) is 0 Å². The van der Waals surface area contributed by atoms with E-state index >= 15 is 0 Å². The molecule has 0 saturated heterocycles. The predicted molar refractivity (Wildman–Crippen MR) is 74.1 cm³/mol. The fourth-order valence-electron chi connectivity index (χ4n) is 2.55. The summed E-state index contributed by atoms with van der Waals surface area (Å²) < 4.78 is 0. The van der Waals surface area contributed by atoms with Crippen molar-refractivity contribution in [2.24, 2.45) is 0 Å². The summed E-state index contributed by atoms with van der Waals surface area (Å²) in [5.74, 6) is -1.44. The van der Waals surface area contributed by atoms with Crippen LogP contribution in [0.25, 0.3) is 0 Å². The number of carboxylic acid groups (broad SMARTS) is 1. The highest BCUT2D eigenvalue weighted by Crippen LogP contribution is 2.35. The van der Waals surface area contributed by atoms with Gasteiger partial charge in [0.05, 0.1) is 16.9 Å². The summed E-state index contributed by atoms with van der Waals surface area (Å²) in [5.41, 5.74) is -0.0869. The van der Waals surface area contributed by atoms with Gasteiger partial charge < -0.3 is 10.4 Å². The van der Waals surface area contributed by atoms with Crippen molar-refractivity contribution in [3.05, 3.63) is 39.4 Å². The largest absolute Gasteiger partial charge is 0.481 e. The Balaban J connectivity index is 2.20. The van der Waals surface area contributed by atoms with Crippen molar-refractivity contribution >= 4 is 17.6 Å². The van der Waals surface area contributed by atoms with Gasteiger partial charge in [0.25, 0.3) is 11.6 Å². The maximum atomic E-state index is 12.2. The molecule has 0 bridgehead atoms. The van der Waals surface area contributed by atoms with Gasteiger partial charge in [-0.3, -0.25) is 19.7 Å². The molecule has 2 N–H and O–H groups in total. The second-order valence-electron chi connectivity index (χ2n) is 5.47. The van der Waals surface area contributed by atoms with Gasteiger partial charge in [0.1, 0.15) is 0 Å². The second kappa shape index (κ2) is 5.51. The first-order valence-corrected chi connectivity index (χ1v) is 6.62. The number of aryl methyl sites for hydroxylation is 1. The fourth-order valence-corrected chi connectivity index (χ4v) is 2.55. The Kier molecular flexibility index (Phi) is 3.93. The van der Waals surface area contributed by atoms with Gasteiger partial charge in [-0.05, 0) is 37.8 Å². The molecule has 7 nitrogen and oxygen atoms in total. The van der Waals surface area contributed by atoms with Crippen molar-refractivity contribution in [2.45, 2.75) is 38.1 Å². The van der Waals surface area contributed by atoms with E-state index < -0.39 is 22.3 Å². The summed E-state index contributed by atoms with van der Waals surface area (Å²) in [6.45, 7) is 1.67. The van der Waals surface area contributed by atoms with E-state index in [9.17, 15) is 19.7 Å². The Bertz CT molecular complexity index is 607. The standard InChI is InChI=1S/C14H16N2O5/c1-9-5-10(7-11(6-9)16(20)21)13(19)15-14(3-2-4-14)8-12(17)18/h5-7H,2-4,8H2,1H3,(H,15,19)(H,17,18). The zero-order valence-corrected chi connectivity index (χ0v) is 11.6. The van der Waals surface area contributed by atoms with Crippen LogP contribution in [0.2, 0.25) is 0 Å². The molecule has 0 aliphatic heterocycles. The molecule has 0 spiro atoms. The molecular weight excluding hydrogens is 276 g/mol. The van der Waals surface area contributed by atoms with Crippen LogP contribution in [0.3, 0.4) is 0 Å². The van der Waals surface area contributed by atoms with E-state index in [1.165, 1.54) is 12.1 Å². The fraction of sp³-hybridized carbons (Fsp3) is 0.429. The minimum atomic E-state index is -0.967. The highest BCUT2D eigenvalue weighted by Gasteiger charge is 2.40. The van der Waals surface area contributed by atoms with Gasteiger partial charge in [0, 0.05) is 17.7 Å². The molecule has 0 atom stereocenters. The van der Waals surface area contributed by atoms with Crippen molar-refractivity contribution in [3.63, 3.8) is 0 Å². The van der Waals surface area contributed by atoms with Crippen molar-refractivity contribution in [1.82, 2.24) is 5.32 Å². The van der Waals surface area contributed by atoms with Crippen LogP contribution in [0.4, 0.5) is 5.69 Å². The molecule has 1 amide bonds. The third-order valence-electron chi connectivity index (χ3n) is 3.71. The third-order valence-corrected chi connectivity index (χ3v) is 3.71. The van der Waals surface area contributed by atoms with Crippen LogP contribution in [0, 0.1) is 17.0 Å². The lowest BCUT2D eigenvalue weighted by atomic mass is 9.74. The number of aliphatic carboxylic acids is 1. The monoisotopic (exact) mass is 292 g/mol. The summed E-state index contributed by atoms with van der Waals surface area (Å²) in [5, 5.41) is 22.5. The Morgan fingerprint density at radius 3 is 2.52 bits per heavy atom. The number of carboxylic acids is 1. The van der Waals surface area contributed by atoms with E-state index in [4.69, 9.17) is 5.11 Å². The maximum absolute atomic E-state index is 12.2. The van der Waals surface area contributed by atoms with Crippen LogP contribution in [0.1, 0.15) is 41.6 Å². The number of nitro benzene ring substituents is 1. The van der Waals surface area contributed by atoms with Gasteiger partial charge in [-0.1, -0.05) is 0 Å². The van der Waals surface area contributed by atoms with Crippen molar-refractivity contribution < 1.29 is 19.6 Å². The molecule has 0 unspecified atom stereocenters. The summed E-state index contributed by atoms with van der Waals surface area (Å²) >= 11 is 0. The van der Waals surface area contributed by atoms with E-state index in [1.807, 2.05) is 0 Å². The second-order valence-corrected chi connectivity index (χ2v) is 5.47. The van der Waals surface area contributed by atoms with Gasteiger partial charge >= 0.3 is 5.97 Å². The zero-order valence-electron chi connectivity index (χ0n) is 11.6. The molecule has 112 valence electrons. The number of amides is 1. The first-order chi connectivity index (χ1) is 9.81. The molecule has 1 saturated carbocycles. The number of rotatable bonds is 5. The van der Waals surface area contributed by atoms with Gasteiger partial charge in [0.15, 0.2) is 0 Å². The molecule has 21 heavy (non-hydrogen) atoms. The lowest BCUT2D eigenvalue weighted by Crippen LogP contribution is -2.54. The molecule has 1 aliphatic rings. The molecule has 7 heteroatoms. The predicted octanol–water partition coefficient (Wildman–Crippen LogP) is 2.03.